The molecule has 0 aliphatic carbocycles. The van der Waals surface area contributed by atoms with Gasteiger partial charge in [0.15, 0.2) is 0 Å². The fourth-order valence-corrected chi connectivity index (χ4v) is 3.14. The summed E-state index contributed by atoms with van der Waals surface area (Å²) in [6.45, 7) is 1.79. The van der Waals surface area contributed by atoms with E-state index < -0.39 is 6.17 Å². The van der Waals surface area contributed by atoms with Gasteiger partial charge in [0, 0.05) is 17.2 Å². The van der Waals surface area contributed by atoms with Crippen molar-refractivity contribution in [2.75, 3.05) is 10.6 Å². The van der Waals surface area contributed by atoms with E-state index in [0.29, 0.717) is 22.9 Å². The third kappa shape index (κ3) is 3.32. The number of nitrogens with zero attached hydrogens (tertiary/aromatic N) is 4. The number of benzene rings is 2. The van der Waals surface area contributed by atoms with Crippen LogP contribution in [0.25, 0.3) is 11.7 Å². The molecule has 2 aromatic carbocycles. The minimum atomic E-state index is -0.975. The van der Waals surface area contributed by atoms with Crippen LogP contribution in [0.4, 0.5) is 11.7 Å². The van der Waals surface area contributed by atoms with Gasteiger partial charge in [0.25, 0.3) is 11.8 Å². The molecule has 2 aromatic heterocycles. The average Bonchev–Trinajstić information content (AvgIpc) is 3.38. The molecule has 5 rings (SSSR count). The number of aromatic nitrogens is 3. The number of benzodiazepines with no additional fused rings is 1. The maximum absolute atomic E-state index is 12.8. The molecule has 1 aliphatic heterocycles. The number of hydrogen-bond donors (Lipinski definition) is 2. The molecule has 9 nitrogen and oxygen atoms in total. The molecule has 30 heavy (non-hydrogen) atoms. The number of carbonyl (C=O) groups is 1. The second-order valence-electron chi connectivity index (χ2n) is 6.67. The maximum Gasteiger partial charge on any atom is 0.317 e. The van der Waals surface area contributed by atoms with Crippen molar-refractivity contribution >= 4 is 23.3 Å². The van der Waals surface area contributed by atoms with Gasteiger partial charge < -0.3 is 19.6 Å². The first-order valence-electron chi connectivity index (χ1n) is 9.24. The van der Waals surface area contributed by atoms with Crippen molar-refractivity contribution in [1.82, 2.24) is 15.4 Å². The summed E-state index contributed by atoms with van der Waals surface area (Å²) < 4.78 is 10.7. The van der Waals surface area contributed by atoms with Gasteiger partial charge in [-0.25, -0.2) is 4.99 Å². The molecule has 0 fully saturated rings. The summed E-state index contributed by atoms with van der Waals surface area (Å²) in [4.78, 5) is 17.5. The van der Waals surface area contributed by atoms with Gasteiger partial charge in [0.2, 0.25) is 11.9 Å². The maximum atomic E-state index is 12.8. The first-order valence-corrected chi connectivity index (χ1v) is 9.24. The number of aryl methyl sites for hydroxylation is 1. The number of nitrogens with one attached hydrogen (secondary N) is 2. The van der Waals surface area contributed by atoms with E-state index in [2.05, 4.69) is 31.0 Å². The highest BCUT2D eigenvalue weighted by atomic mass is 16.5. The largest absolute Gasteiger partial charge is 0.400 e. The van der Waals surface area contributed by atoms with Crippen molar-refractivity contribution in [2.24, 2.45) is 4.99 Å². The van der Waals surface area contributed by atoms with Crippen LogP contribution in [0.15, 0.2) is 74.6 Å². The summed E-state index contributed by atoms with van der Waals surface area (Å²) in [7, 11) is 0. The minimum Gasteiger partial charge on any atom is -0.400 e. The number of para-hydroxylation sites is 1. The number of rotatable bonds is 4. The van der Waals surface area contributed by atoms with Crippen LogP contribution in [-0.2, 0) is 4.79 Å². The second-order valence-corrected chi connectivity index (χ2v) is 6.67. The van der Waals surface area contributed by atoms with Crippen molar-refractivity contribution in [1.29, 1.82) is 0 Å². The first kappa shape index (κ1) is 17.8. The highest BCUT2D eigenvalue weighted by molar-refractivity contribution is 6.19. The fourth-order valence-electron chi connectivity index (χ4n) is 3.14. The molecule has 1 amide bonds. The van der Waals surface area contributed by atoms with Crippen molar-refractivity contribution < 1.29 is 13.7 Å². The zero-order valence-corrected chi connectivity index (χ0v) is 15.9. The van der Waals surface area contributed by atoms with Gasteiger partial charge in [0.05, 0.1) is 17.1 Å². The molecular formula is C21H16N6O3. The van der Waals surface area contributed by atoms with Crippen LogP contribution in [0.5, 0.6) is 0 Å². The molecular weight excluding hydrogens is 384 g/mol. The summed E-state index contributed by atoms with van der Waals surface area (Å²) in [5.74, 6) is 0.158. The van der Waals surface area contributed by atoms with Crippen LogP contribution in [0.3, 0.4) is 0 Å². The molecule has 4 aromatic rings. The first-order chi connectivity index (χ1) is 14.7. The molecule has 0 bridgehead atoms. The van der Waals surface area contributed by atoms with E-state index in [-0.39, 0.29) is 17.8 Å². The van der Waals surface area contributed by atoms with Crippen LogP contribution in [0, 0.1) is 6.92 Å². The quantitative estimate of drug-likeness (QED) is 0.540. The molecule has 0 radical (unpaired) electrons. The summed E-state index contributed by atoms with van der Waals surface area (Å²) in [6.07, 6.45) is -0.975. The number of aliphatic imine (C=N–C) groups is 1. The lowest BCUT2D eigenvalue weighted by molar-refractivity contribution is -0.116. The lowest BCUT2D eigenvalue weighted by Gasteiger charge is -2.11. The highest BCUT2D eigenvalue weighted by Gasteiger charge is 2.27. The lowest BCUT2D eigenvalue weighted by Crippen LogP contribution is -2.32. The van der Waals surface area contributed by atoms with E-state index in [0.717, 1.165) is 11.1 Å². The van der Waals surface area contributed by atoms with Crippen molar-refractivity contribution in [3.63, 3.8) is 0 Å². The molecule has 0 saturated carbocycles. The normalized spacial score (nSPS) is 15.7. The smallest absolute Gasteiger partial charge is 0.317 e. The standard InChI is InChI=1S/C21H16N6O3/c1-12-11-16(30-27-12)20-25-26-21(29-20)24-18-19(28)22-15-10-6-5-9-14(15)17(23-18)13-7-3-2-4-8-13/h2-11,18H,1H3,(H,22,28)(H,24,26)/t18-/m1/s1. The second kappa shape index (κ2) is 7.28. The van der Waals surface area contributed by atoms with Gasteiger partial charge in [-0.2, -0.15) is 0 Å². The number of amides is 1. The van der Waals surface area contributed by atoms with E-state index in [4.69, 9.17) is 8.94 Å². The van der Waals surface area contributed by atoms with E-state index >= 15 is 0 Å². The Morgan fingerprint density at radius 3 is 2.63 bits per heavy atom. The van der Waals surface area contributed by atoms with Gasteiger partial charge >= 0.3 is 6.01 Å². The average molecular weight is 400 g/mol. The Hall–Kier alpha value is -4.27. The Morgan fingerprint density at radius 2 is 1.83 bits per heavy atom. The summed E-state index contributed by atoms with van der Waals surface area (Å²) >= 11 is 0. The SMILES string of the molecule is Cc1cc(-c2nnc(N[C@H]3N=C(c4ccccc4)c4ccccc4NC3=O)o2)on1. The van der Waals surface area contributed by atoms with Gasteiger partial charge in [-0.05, 0) is 13.0 Å². The summed E-state index contributed by atoms with van der Waals surface area (Å²) in [5, 5.41) is 17.5. The number of carbonyl (C=O) groups excluding carboxylic acids is 1. The molecule has 0 saturated heterocycles. The van der Waals surface area contributed by atoms with E-state index in [1.54, 1.807) is 13.0 Å². The number of fused-ring (bicyclic) bond motifs is 1. The topological polar surface area (TPSA) is 118 Å². The Labute approximate surface area is 170 Å². The van der Waals surface area contributed by atoms with Crippen LogP contribution in [-0.4, -0.2) is 33.1 Å². The third-order valence-corrected chi connectivity index (χ3v) is 4.52. The van der Waals surface area contributed by atoms with Crippen molar-refractivity contribution in [3.8, 4) is 11.7 Å². The minimum absolute atomic E-state index is 0.0429. The molecule has 1 atom stereocenters. The zero-order chi connectivity index (χ0) is 20.5. The predicted molar refractivity (Wildman–Crippen MR) is 109 cm³/mol. The lowest BCUT2D eigenvalue weighted by atomic mass is 10.0. The molecule has 2 N–H and O–H groups in total. The molecule has 9 heteroatoms. The summed E-state index contributed by atoms with van der Waals surface area (Å²) in [5.41, 5.74) is 3.75. The Balaban J connectivity index is 1.51. The molecule has 0 spiro atoms. The number of hydrogen-bond acceptors (Lipinski definition) is 8. The molecule has 148 valence electrons. The highest BCUT2D eigenvalue weighted by Crippen LogP contribution is 2.25. The van der Waals surface area contributed by atoms with Crippen LogP contribution < -0.4 is 10.6 Å². The Morgan fingerprint density at radius 1 is 1.03 bits per heavy atom. The van der Waals surface area contributed by atoms with Crippen molar-refractivity contribution in [3.05, 3.63) is 77.5 Å². The summed E-state index contributed by atoms with van der Waals surface area (Å²) in [6, 6.07) is 18.9. The molecule has 0 unspecified atom stereocenters. The van der Waals surface area contributed by atoms with Gasteiger partial charge in [-0.15, -0.1) is 5.10 Å². The Kier molecular flexibility index (Phi) is 4.32. The predicted octanol–water partition coefficient (Wildman–Crippen LogP) is 3.26. The zero-order valence-electron chi connectivity index (χ0n) is 15.9. The number of anilines is 2. The van der Waals surface area contributed by atoms with Crippen molar-refractivity contribution in [2.45, 2.75) is 13.1 Å². The van der Waals surface area contributed by atoms with Crippen LogP contribution in [0.1, 0.15) is 16.8 Å². The van der Waals surface area contributed by atoms with Gasteiger partial charge in [-0.3, -0.25) is 4.79 Å². The Bertz CT molecular complexity index is 1240. The van der Waals surface area contributed by atoms with Crippen LogP contribution >= 0.6 is 0 Å². The molecule has 1 aliphatic rings. The van der Waals surface area contributed by atoms with E-state index in [1.165, 1.54) is 0 Å². The van der Waals surface area contributed by atoms with Crippen LogP contribution in [0.2, 0.25) is 0 Å². The van der Waals surface area contributed by atoms with E-state index in [1.807, 2.05) is 54.6 Å². The van der Waals surface area contributed by atoms with E-state index in [9.17, 15) is 4.79 Å². The van der Waals surface area contributed by atoms with Gasteiger partial charge in [-0.1, -0.05) is 58.8 Å². The monoisotopic (exact) mass is 400 g/mol. The van der Waals surface area contributed by atoms with Gasteiger partial charge in [0.1, 0.15) is 0 Å². The fraction of sp³-hybridized carbons (Fsp3) is 0.0952. The third-order valence-electron chi connectivity index (χ3n) is 4.52. The molecule has 3 heterocycles.